The van der Waals surface area contributed by atoms with Gasteiger partial charge in [-0.15, -0.1) is 0 Å². The van der Waals surface area contributed by atoms with Crippen molar-refractivity contribution < 1.29 is 34.0 Å². The Morgan fingerprint density at radius 3 is 2.85 bits per heavy atom. The molecule has 0 aromatic heterocycles. The summed E-state index contributed by atoms with van der Waals surface area (Å²) < 4.78 is 22.2. The zero-order chi connectivity index (χ0) is 18.3. The van der Waals surface area contributed by atoms with Crippen LogP contribution in [0.25, 0.3) is 6.08 Å². The molecule has 6 atom stereocenters. The summed E-state index contributed by atoms with van der Waals surface area (Å²) >= 11 is 0. The minimum atomic E-state index is -1.03. The molecule has 1 aliphatic carbocycles. The number of carbonyl (C=O) groups excluding carboxylic acids is 1. The lowest BCUT2D eigenvalue weighted by atomic mass is 9.84. The SMILES string of the molecule is CO[C@H]1C[C@@H]2[C@@H]3[C@@H](OC[C@]3(O)C[C@H]2OC(=O)/C=C\c2ccc(O)cc2)O1. The van der Waals surface area contributed by atoms with Crippen molar-refractivity contribution in [3.05, 3.63) is 35.9 Å². The number of methoxy groups -OCH3 is 1. The van der Waals surface area contributed by atoms with Gasteiger partial charge in [0.1, 0.15) is 11.9 Å². The highest BCUT2D eigenvalue weighted by Crippen LogP contribution is 2.53. The molecule has 1 aromatic rings. The molecule has 140 valence electrons. The average molecular weight is 362 g/mol. The van der Waals surface area contributed by atoms with E-state index in [4.69, 9.17) is 18.9 Å². The van der Waals surface area contributed by atoms with Crippen molar-refractivity contribution in [2.45, 2.75) is 37.1 Å². The predicted octanol–water partition coefficient (Wildman–Crippen LogP) is 1.43. The van der Waals surface area contributed by atoms with Gasteiger partial charge in [-0.05, 0) is 23.8 Å². The zero-order valence-electron chi connectivity index (χ0n) is 14.4. The second-order valence-corrected chi connectivity index (χ2v) is 7.11. The number of hydrogen-bond acceptors (Lipinski definition) is 7. The van der Waals surface area contributed by atoms with Gasteiger partial charge < -0.3 is 29.2 Å². The molecule has 2 saturated heterocycles. The summed E-state index contributed by atoms with van der Waals surface area (Å²) in [6, 6.07) is 6.49. The van der Waals surface area contributed by atoms with Crippen LogP contribution in [0.1, 0.15) is 18.4 Å². The highest BCUT2D eigenvalue weighted by atomic mass is 16.8. The number of aliphatic hydroxyl groups is 1. The minimum absolute atomic E-state index is 0.0720. The van der Waals surface area contributed by atoms with Crippen LogP contribution in [0, 0.1) is 11.8 Å². The lowest BCUT2D eigenvalue weighted by Crippen LogP contribution is -2.45. The first-order valence-electron chi connectivity index (χ1n) is 8.68. The van der Waals surface area contributed by atoms with E-state index in [-0.39, 0.29) is 24.2 Å². The first-order chi connectivity index (χ1) is 12.5. The zero-order valence-corrected chi connectivity index (χ0v) is 14.4. The van der Waals surface area contributed by atoms with Crippen molar-refractivity contribution in [2.75, 3.05) is 13.7 Å². The van der Waals surface area contributed by atoms with Crippen LogP contribution in [0.15, 0.2) is 30.3 Å². The Hall–Kier alpha value is -1.93. The predicted molar refractivity (Wildman–Crippen MR) is 89.8 cm³/mol. The number of carbonyl (C=O) groups is 1. The fourth-order valence-electron chi connectivity index (χ4n) is 4.27. The monoisotopic (exact) mass is 362 g/mol. The maximum atomic E-state index is 12.2. The molecule has 1 aromatic carbocycles. The average Bonchev–Trinajstić information content (AvgIpc) is 3.10. The van der Waals surface area contributed by atoms with Crippen LogP contribution < -0.4 is 0 Å². The van der Waals surface area contributed by atoms with Gasteiger partial charge in [0, 0.05) is 37.9 Å². The smallest absolute Gasteiger partial charge is 0.331 e. The molecule has 0 radical (unpaired) electrons. The first kappa shape index (κ1) is 17.5. The molecule has 7 heteroatoms. The Labute approximate surface area is 151 Å². The van der Waals surface area contributed by atoms with E-state index in [0.717, 1.165) is 5.56 Å². The van der Waals surface area contributed by atoms with Crippen LogP contribution >= 0.6 is 0 Å². The van der Waals surface area contributed by atoms with E-state index in [1.54, 1.807) is 37.5 Å². The fraction of sp³-hybridized carbons (Fsp3) is 0.526. The number of phenols is 1. The lowest BCUT2D eigenvalue weighted by Gasteiger charge is -2.37. The van der Waals surface area contributed by atoms with Crippen molar-refractivity contribution in [1.29, 1.82) is 0 Å². The van der Waals surface area contributed by atoms with Gasteiger partial charge in [-0.3, -0.25) is 0 Å². The maximum Gasteiger partial charge on any atom is 0.331 e. The molecule has 0 bridgehead atoms. The summed E-state index contributed by atoms with van der Waals surface area (Å²) in [5, 5.41) is 20.1. The van der Waals surface area contributed by atoms with E-state index < -0.39 is 30.3 Å². The van der Waals surface area contributed by atoms with Gasteiger partial charge in [-0.2, -0.15) is 0 Å². The van der Waals surface area contributed by atoms with Crippen molar-refractivity contribution in [3.8, 4) is 5.75 Å². The van der Waals surface area contributed by atoms with Gasteiger partial charge in [-0.1, -0.05) is 12.1 Å². The van der Waals surface area contributed by atoms with Crippen LogP contribution in [0.4, 0.5) is 0 Å². The number of benzene rings is 1. The molecule has 26 heavy (non-hydrogen) atoms. The fourth-order valence-corrected chi connectivity index (χ4v) is 4.27. The maximum absolute atomic E-state index is 12.2. The molecule has 2 N–H and O–H groups in total. The molecule has 0 amide bonds. The van der Waals surface area contributed by atoms with E-state index in [2.05, 4.69) is 0 Å². The van der Waals surface area contributed by atoms with Crippen LogP contribution in [-0.2, 0) is 23.7 Å². The molecule has 4 rings (SSSR count). The van der Waals surface area contributed by atoms with Gasteiger partial charge in [0.05, 0.1) is 12.2 Å². The third kappa shape index (κ3) is 3.12. The number of rotatable bonds is 4. The van der Waals surface area contributed by atoms with E-state index in [9.17, 15) is 15.0 Å². The summed E-state index contributed by atoms with van der Waals surface area (Å²) in [6.07, 6.45) is 2.48. The Morgan fingerprint density at radius 1 is 1.35 bits per heavy atom. The Morgan fingerprint density at radius 2 is 2.12 bits per heavy atom. The number of aromatic hydroxyl groups is 1. The Bertz CT molecular complexity index is 700. The summed E-state index contributed by atoms with van der Waals surface area (Å²) in [4.78, 5) is 12.2. The molecule has 2 aliphatic heterocycles. The van der Waals surface area contributed by atoms with Gasteiger partial charge in [0.2, 0.25) is 0 Å². The number of hydrogen-bond donors (Lipinski definition) is 2. The number of phenolic OH excluding ortho intramolecular Hbond substituents is 1. The second kappa shape index (κ2) is 6.66. The lowest BCUT2D eigenvalue weighted by molar-refractivity contribution is -0.274. The topological polar surface area (TPSA) is 94.5 Å². The standard InChI is InChI=1S/C19H22O7/c1-23-16-8-13-14(9-19(22)10-24-18(26-16)17(13)19)25-15(21)7-4-11-2-5-12(20)6-3-11/h2-7,13-14,16-18,20,22H,8-10H2,1H3/b7-4-/t13-,14+,16+,17+,18-,19+/m0/s1. The third-order valence-electron chi connectivity index (χ3n) is 5.49. The second-order valence-electron chi connectivity index (χ2n) is 7.11. The third-order valence-corrected chi connectivity index (χ3v) is 5.49. The molecule has 3 fully saturated rings. The highest BCUT2D eigenvalue weighted by Gasteiger charge is 2.64. The van der Waals surface area contributed by atoms with Crippen LogP contribution in [0.2, 0.25) is 0 Å². The van der Waals surface area contributed by atoms with E-state index in [0.29, 0.717) is 12.8 Å². The van der Waals surface area contributed by atoms with Crippen molar-refractivity contribution in [2.24, 2.45) is 11.8 Å². The van der Waals surface area contributed by atoms with Crippen molar-refractivity contribution in [3.63, 3.8) is 0 Å². The molecule has 3 aliphatic rings. The van der Waals surface area contributed by atoms with Crippen molar-refractivity contribution >= 4 is 12.0 Å². The highest BCUT2D eigenvalue weighted by molar-refractivity contribution is 5.87. The number of esters is 1. The van der Waals surface area contributed by atoms with Crippen LogP contribution in [0.5, 0.6) is 5.75 Å². The van der Waals surface area contributed by atoms with E-state index in [1.165, 1.54) is 6.08 Å². The summed E-state index contributed by atoms with van der Waals surface area (Å²) in [5.74, 6) is -0.589. The Kier molecular flexibility index (Phi) is 4.48. The van der Waals surface area contributed by atoms with Gasteiger partial charge >= 0.3 is 5.97 Å². The molecular weight excluding hydrogens is 340 g/mol. The summed E-state index contributed by atoms with van der Waals surface area (Å²) in [6.45, 7) is 0.173. The molecule has 1 saturated carbocycles. The van der Waals surface area contributed by atoms with Gasteiger partial charge in [0.25, 0.3) is 0 Å². The largest absolute Gasteiger partial charge is 0.508 e. The van der Waals surface area contributed by atoms with Crippen LogP contribution in [0.3, 0.4) is 0 Å². The molecule has 7 nitrogen and oxygen atoms in total. The van der Waals surface area contributed by atoms with Crippen molar-refractivity contribution in [1.82, 2.24) is 0 Å². The molecular formula is C19H22O7. The Balaban J connectivity index is 1.44. The molecule has 2 heterocycles. The van der Waals surface area contributed by atoms with E-state index in [1.807, 2.05) is 0 Å². The quantitative estimate of drug-likeness (QED) is 0.618. The first-order valence-corrected chi connectivity index (χ1v) is 8.68. The van der Waals surface area contributed by atoms with E-state index >= 15 is 0 Å². The molecule has 0 unspecified atom stereocenters. The van der Waals surface area contributed by atoms with Gasteiger partial charge in [0.15, 0.2) is 12.6 Å². The minimum Gasteiger partial charge on any atom is -0.508 e. The summed E-state index contributed by atoms with van der Waals surface area (Å²) in [5.41, 5.74) is -0.250. The normalized spacial score (nSPS) is 38.5. The molecule has 0 spiro atoms. The number of ether oxygens (including phenoxy) is 4. The van der Waals surface area contributed by atoms with Gasteiger partial charge in [-0.25, -0.2) is 4.79 Å². The van der Waals surface area contributed by atoms with Crippen LogP contribution in [-0.4, -0.2) is 54.2 Å². The summed E-state index contributed by atoms with van der Waals surface area (Å²) in [7, 11) is 1.56.